The first-order valence-electron chi connectivity index (χ1n) is 7.73. The minimum absolute atomic E-state index is 0.0741. The highest BCUT2D eigenvalue weighted by Gasteiger charge is 2.25. The molecule has 0 saturated carbocycles. The molecule has 2 aromatic carbocycles. The number of rotatable bonds is 3. The van der Waals surface area contributed by atoms with Crippen LogP contribution in [-0.2, 0) is 0 Å². The highest BCUT2D eigenvalue weighted by Crippen LogP contribution is 2.40. The van der Waals surface area contributed by atoms with Crippen molar-refractivity contribution in [2.75, 3.05) is 25.1 Å². The van der Waals surface area contributed by atoms with Crippen molar-refractivity contribution in [1.29, 1.82) is 0 Å². The second kappa shape index (κ2) is 6.28. The molecule has 3 rings (SSSR count). The number of hydrogen-bond acceptors (Lipinski definition) is 5. The van der Waals surface area contributed by atoms with Crippen molar-refractivity contribution in [2.24, 2.45) is 0 Å². The van der Waals surface area contributed by atoms with Crippen LogP contribution < -0.4 is 9.64 Å². The van der Waals surface area contributed by atoms with Gasteiger partial charge in [0.2, 0.25) is 0 Å². The lowest BCUT2D eigenvalue weighted by molar-refractivity contribution is 0.372. The van der Waals surface area contributed by atoms with Crippen molar-refractivity contribution in [3.05, 3.63) is 42.0 Å². The average Bonchev–Trinajstić information content (AvgIpc) is 2.55. The normalized spacial score (nSPS) is 15.6. The molecule has 0 amide bonds. The van der Waals surface area contributed by atoms with Gasteiger partial charge in [-0.05, 0) is 42.5 Å². The molecule has 5 nitrogen and oxygen atoms in total. The number of aromatic hydroxyl groups is 3. The quantitative estimate of drug-likeness (QED) is 0.811. The molecule has 0 radical (unpaired) electrons. The fourth-order valence-corrected chi connectivity index (χ4v) is 3.24. The Labute approximate surface area is 135 Å². The molecule has 0 unspecified atom stereocenters. The van der Waals surface area contributed by atoms with Gasteiger partial charge in [0, 0.05) is 19.2 Å². The van der Waals surface area contributed by atoms with Crippen LogP contribution in [0.5, 0.6) is 23.0 Å². The Morgan fingerprint density at radius 2 is 1.78 bits per heavy atom. The lowest BCUT2D eigenvalue weighted by atomic mass is 9.88. The van der Waals surface area contributed by atoms with Crippen molar-refractivity contribution in [3.63, 3.8) is 0 Å². The van der Waals surface area contributed by atoms with Gasteiger partial charge >= 0.3 is 0 Å². The second-order valence-corrected chi connectivity index (χ2v) is 5.83. The van der Waals surface area contributed by atoms with Crippen LogP contribution in [0.2, 0.25) is 0 Å². The Bertz CT molecular complexity index is 693. The van der Waals surface area contributed by atoms with E-state index in [0.29, 0.717) is 5.75 Å². The molecule has 122 valence electrons. The third kappa shape index (κ3) is 2.99. The summed E-state index contributed by atoms with van der Waals surface area (Å²) in [6, 6.07) is 10.3. The number of methoxy groups -OCH3 is 1. The minimum Gasteiger partial charge on any atom is -0.508 e. The molecule has 0 aromatic heterocycles. The number of benzene rings is 2. The molecule has 23 heavy (non-hydrogen) atoms. The zero-order chi connectivity index (χ0) is 16.4. The second-order valence-electron chi connectivity index (χ2n) is 5.83. The smallest absolute Gasteiger partial charge is 0.181 e. The van der Waals surface area contributed by atoms with Crippen LogP contribution in [0, 0.1) is 0 Å². The summed E-state index contributed by atoms with van der Waals surface area (Å²) in [5.74, 6) is 1.11. The van der Waals surface area contributed by atoms with Gasteiger partial charge in [0.05, 0.1) is 12.8 Å². The van der Waals surface area contributed by atoms with E-state index in [1.54, 1.807) is 25.3 Å². The van der Waals surface area contributed by atoms with E-state index in [1.165, 1.54) is 6.07 Å². The molecule has 2 aromatic rings. The molecule has 1 saturated heterocycles. The topological polar surface area (TPSA) is 73.2 Å². The molecular weight excluding hydrogens is 294 g/mol. The lowest BCUT2D eigenvalue weighted by Gasteiger charge is -2.34. The number of phenols is 3. The van der Waals surface area contributed by atoms with Gasteiger partial charge in [-0.1, -0.05) is 12.1 Å². The van der Waals surface area contributed by atoms with E-state index < -0.39 is 0 Å². The highest BCUT2D eigenvalue weighted by molar-refractivity contribution is 5.64. The van der Waals surface area contributed by atoms with Crippen LogP contribution in [0.15, 0.2) is 36.4 Å². The summed E-state index contributed by atoms with van der Waals surface area (Å²) < 4.78 is 5.16. The summed E-state index contributed by atoms with van der Waals surface area (Å²) >= 11 is 0. The first kappa shape index (κ1) is 15.3. The van der Waals surface area contributed by atoms with Gasteiger partial charge in [0.15, 0.2) is 11.5 Å². The first-order valence-corrected chi connectivity index (χ1v) is 7.73. The van der Waals surface area contributed by atoms with Crippen molar-refractivity contribution < 1.29 is 20.1 Å². The fraction of sp³-hybridized carbons (Fsp3) is 0.333. The van der Waals surface area contributed by atoms with Gasteiger partial charge in [0.25, 0.3) is 0 Å². The zero-order valence-corrected chi connectivity index (χ0v) is 13.1. The van der Waals surface area contributed by atoms with Gasteiger partial charge in [-0.3, -0.25) is 0 Å². The largest absolute Gasteiger partial charge is 0.508 e. The van der Waals surface area contributed by atoms with Crippen LogP contribution in [-0.4, -0.2) is 35.5 Å². The maximum Gasteiger partial charge on any atom is 0.181 e. The molecule has 5 heteroatoms. The molecule has 0 spiro atoms. The van der Waals surface area contributed by atoms with E-state index in [4.69, 9.17) is 4.74 Å². The SMILES string of the molecule is COc1cccc(N2CCC(c3ccc(O)cc3O)CC2)c1O. The van der Waals surface area contributed by atoms with E-state index in [-0.39, 0.29) is 23.2 Å². The number of nitrogens with zero attached hydrogens (tertiary/aromatic N) is 1. The maximum atomic E-state index is 10.3. The highest BCUT2D eigenvalue weighted by atomic mass is 16.5. The van der Waals surface area contributed by atoms with Crippen LogP contribution in [0.3, 0.4) is 0 Å². The van der Waals surface area contributed by atoms with Crippen molar-refractivity contribution in [1.82, 2.24) is 0 Å². The number of ether oxygens (including phenoxy) is 1. The average molecular weight is 315 g/mol. The predicted octanol–water partition coefficient (Wildman–Crippen LogP) is 3.20. The molecule has 1 aliphatic heterocycles. The fourth-order valence-electron chi connectivity index (χ4n) is 3.24. The Morgan fingerprint density at radius 1 is 1.04 bits per heavy atom. The van der Waals surface area contributed by atoms with Gasteiger partial charge in [-0.15, -0.1) is 0 Å². The maximum absolute atomic E-state index is 10.3. The molecule has 1 fully saturated rings. The molecule has 3 N–H and O–H groups in total. The van der Waals surface area contributed by atoms with Gasteiger partial charge in [-0.2, -0.15) is 0 Å². The third-order valence-electron chi connectivity index (χ3n) is 4.49. The van der Waals surface area contributed by atoms with Crippen molar-refractivity contribution in [3.8, 4) is 23.0 Å². The lowest BCUT2D eigenvalue weighted by Crippen LogP contribution is -2.32. The van der Waals surface area contributed by atoms with Crippen molar-refractivity contribution >= 4 is 5.69 Å². The summed E-state index contributed by atoms with van der Waals surface area (Å²) in [5.41, 5.74) is 1.65. The van der Waals surface area contributed by atoms with Gasteiger partial charge in [-0.25, -0.2) is 0 Å². The molecule has 0 atom stereocenters. The molecular formula is C18H21NO4. The first-order chi connectivity index (χ1) is 11.1. The van der Waals surface area contributed by atoms with E-state index >= 15 is 0 Å². The Hall–Kier alpha value is -2.56. The number of para-hydroxylation sites is 1. The van der Waals surface area contributed by atoms with Crippen LogP contribution in [0.4, 0.5) is 5.69 Å². The van der Waals surface area contributed by atoms with Gasteiger partial charge in [0.1, 0.15) is 11.5 Å². The van der Waals surface area contributed by atoms with Crippen LogP contribution >= 0.6 is 0 Å². The van der Waals surface area contributed by atoms with E-state index in [1.807, 2.05) is 12.1 Å². The predicted molar refractivity (Wildman–Crippen MR) is 88.6 cm³/mol. The Morgan fingerprint density at radius 3 is 2.43 bits per heavy atom. The molecule has 0 bridgehead atoms. The van der Waals surface area contributed by atoms with Crippen LogP contribution in [0.1, 0.15) is 24.3 Å². The molecule has 0 aliphatic carbocycles. The summed E-state index contributed by atoms with van der Waals surface area (Å²) in [6.45, 7) is 1.57. The summed E-state index contributed by atoms with van der Waals surface area (Å²) in [4.78, 5) is 2.13. The molecule has 1 heterocycles. The number of phenolic OH excluding ortho intramolecular Hbond substituents is 3. The third-order valence-corrected chi connectivity index (χ3v) is 4.49. The van der Waals surface area contributed by atoms with Crippen LogP contribution in [0.25, 0.3) is 0 Å². The Balaban J connectivity index is 1.74. The summed E-state index contributed by atoms with van der Waals surface area (Å²) in [5, 5.41) is 29.7. The number of hydrogen-bond donors (Lipinski definition) is 3. The summed E-state index contributed by atoms with van der Waals surface area (Å²) in [6.07, 6.45) is 1.74. The van der Waals surface area contributed by atoms with E-state index in [9.17, 15) is 15.3 Å². The number of piperidine rings is 1. The van der Waals surface area contributed by atoms with Gasteiger partial charge < -0.3 is 25.0 Å². The van der Waals surface area contributed by atoms with E-state index in [0.717, 1.165) is 37.2 Å². The summed E-state index contributed by atoms with van der Waals surface area (Å²) in [7, 11) is 1.54. The Kier molecular flexibility index (Phi) is 4.19. The molecule has 1 aliphatic rings. The standard InChI is InChI=1S/C18H21NO4/c1-23-17-4-2-3-15(18(17)22)19-9-7-12(8-10-19)14-6-5-13(20)11-16(14)21/h2-6,11-12,20-22H,7-10H2,1H3. The minimum atomic E-state index is 0.0741. The number of anilines is 1. The van der Waals surface area contributed by atoms with E-state index in [2.05, 4.69) is 4.90 Å². The zero-order valence-electron chi connectivity index (χ0n) is 13.1. The monoisotopic (exact) mass is 315 g/mol. The van der Waals surface area contributed by atoms with Crippen molar-refractivity contribution in [2.45, 2.75) is 18.8 Å².